The number of rotatable bonds is 4. The van der Waals surface area contributed by atoms with Crippen molar-refractivity contribution in [2.45, 2.75) is 24.3 Å². The van der Waals surface area contributed by atoms with Crippen LogP contribution in [-0.2, 0) is 0 Å². The second kappa shape index (κ2) is 6.49. The van der Waals surface area contributed by atoms with Gasteiger partial charge in [0.1, 0.15) is 5.82 Å². The van der Waals surface area contributed by atoms with Crippen molar-refractivity contribution < 1.29 is 4.39 Å². The van der Waals surface area contributed by atoms with Crippen molar-refractivity contribution in [1.29, 1.82) is 0 Å². The van der Waals surface area contributed by atoms with Gasteiger partial charge in [-0.25, -0.2) is 4.39 Å². The lowest BCUT2D eigenvalue weighted by atomic mass is 10.2. The minimum absolute atomic E-state index is 0.0764. The van der Waals surface area contributed by atoms with Gasteiger partial charge in [-0.3, -0.25) is 0 Å². The molecule has 0 saturated carbocycles. The molecule has 0 aliphatic heterocycles. The minimum atomic E-state index is -0.208. The third kappa shape index (κ3) is 4.87. The lowest BCUT2D eigenvalue weighted by Gasteiger charge is -2.07. The quantitative estimate of drug-likeness (QED) is 0.627. The van der Waals surface area contributed by atoms with Crippen LogP contribution in [0.25, 0.3) is 0 Å². The third-order valence-electron chi connectivity index (χ3n) is 1.82. The first-order chi connectivity index (χ1) is 7.22. The average molecular weight is 223 g/mol. The Kier molecular flexibility index (Phi) is 5.23. The van der Waals surface area contributed by atoms with E-state index >= 15 is 0 Å². The summed E-state index contributed by atoms with van der Waals surface area (Å²) in [6, 6.07) is 6.52. The van der Waals surface area contributed by atoms with Gasteiger partial charge in [0, 0.05) is 23.1 Å². The van der Waals surface area contributed by atoms with Gasteiger partial charge in [0.05, 0.1) is 0 Å². The maximum atomic E-state index is 12.6. The predicted octanol–water partition coefficient (Wildman–Crippen LogP) is 2.66. The van der Waals surface area contributed by atoms with Gasteiger partial charge in [-0.2, -0.15) is 0 Å². The van der Waals surface area contributed by atoms with Gasteiger partial charge in [-0.15, -0.1) is 23.6 Å². The fourth-order valence-electron chi connectivity index (χ4n) is 1.03. The van der Waals surface area contributed by atoms with Crippen LogP contribution in [0.4, 0.5) is 4.39 Å². The number of benzene rings is 1. The molecule has 0 spiro atoms. The number of thioether (sulfide) groups is 1. The van der Waals surface area contributed by atoms with Crippen molar-refractivity contribution in [2.24, 2.45) is 5.73 Å². The standard InChI is InChI=1S/C12H14FNS/c1-2-3-4-11(14)9-15-12-7-5-10(13)6-8-12/h5-8,11H,4,9,14H2,1H3. The maximum Gasteiger partial charge on any atom is 0.123 e. The summed E-state index contributed by atoms with van der Waals surface area (Å²) in [5.74, 6) is 6.36. The Bertz CT molecular complexity index is 350. The summed E-state index contributed by atoms with van der Waals surface area (Å²) < 4.78 is 12.6. The average Bonchev–Trinajstić information content (AvgIpc) is 2.25. The topological polar surface area (TPSA) is 26.0 Å². The molecule has 1 rings (SSSR count). The molecule has 0 radical (unpaired) electrons. The molecule has 2 N–H and O–H groups in total. The molecule has 0 saturated heterocycles. The van der Waals surface area contributed by atoms with Crippen LogP contribution in [-0.4, -0.2) is 11.8 Å². The number of halogens is 1. The molecule has 3 heteroatoms. The zero-order valence-electron chi connectivity index (χ0n) is 8.66. The highest BCUT2D eigenvalue weighted by atomic mass is 32.2. The van der Waals surface area contributed by atoms with Crippen molar-refractivity contribution in [3.05, 3.63) is 30.1 Å². The minimum Gasteiger partial charge on any atom is -0.326 e. The smallest absolute Gasteiger partial charge is 0.123 e. The number of nitrogens with two attached hydrogens (primary N) is 1. The van der Waals surface area contributed by atoms with Crippen LogP contribution in [0.5, 0.6) is 0 Å². The highest BCUT2D eigenvalue weighted by Crippen LogP contribution is 2.18. The van der Waals surface area contributed by atoms with Gasteiger partial charge in [0.15, 0.2) is 0 Å². The first-order valence-corrected chi connectivity index (χ1v) is 5.74. The monoisotopic (exact) mass is 223 g/mol. The second-order valence-electron chi connectivity index (χ2n) is 3.16. The Labute approximate surface area is 94.2 Å². The van der Waals surface area contributed by atoms with Crippen LogP contribution in [0.2, 0.25) is 0 Å². The third-order valence-corrected chi connectivity index (χ3v) is 3.02. The molecule has 0 fully saturated rings. The van der Waals surface area contributed by atoms with Gasteiger partial charge >= 0.3 is 0 Å². The molecule has 1 aromatic rings. The summed E-state index contributed by atoms with van der Waals surface area (Å²) in [5.41, 5.74) is 5.84. The molecule has 0 aliphatic carbocycles. The van der Waals surface area contributed by atoms with E-state index in [4.69, 9.17) is 5.73 Å². The van der Waals surface area contributed by atoms with Gasteiger partial charge in [0.2, 0.25) is 0 Å². The molecule has 80 valence electrons. The van der Waals surface area contributed by atoms with E-state index in [-0.39, 0.29) is 11.9 Å². The van der Waals surface area contributed by atoms with Gasteiger partial charge in [0.25, 0.3) is 0 Å². The van der Waals surface area contributed by atoms with Crippen LogP contribution >= 0.6 is 11.8 Å². The van der Waals surface area contributed by atoms with Crippen LogP contribution in [0, 0.1) is 17.7 Å². The zero-order chi connectivity index (χ0) is 11.1. The van der Waals surface area contributed by atoms with Gasteiger partial charge < -0.3 is 5.73 Å². The largest absolute Gasteiger partial charge is 0.326 e. The zero-order valence-corrected chi connectivity index (χ0v) is 9.48. The highest BCUT2D eigenvalue weighted by Gasteiger charge is 2.01. The van der Waals surface area contributed by atoms with Crippen molar-refractivity contribution in [3.63, 3.8) is 0 Å². The van der Waals surface area contributed by atoms with Crippen LogP contribution in [0.1, 0.15) is 13.3 Å². The van der Waals surface area contributed by atoms with Crippen molar-refractivity contribution >= 4 is 11.8 Å². The first kappa shape index (κ1) is 12.1. The molecule has 15 heavy (non-hydrogen) atoms. The summed E-state index contributed by atoms with van der Waals surface area (Å²) >= 11 is 1.63. The fourth-order valence-corrected chi connectivity index (χ4v) is 1.88. The van der Waals surface area contributed by atoms with Crippen molar-refractivity contribution in [3.8, 4) is 11.8 Å². The van der Waals surface area contributed by atoms with Crippen LogP contribution in [0.15, 0.2) is 29.2 Å². The summed E-state index contributed by atoms with van der Waals surface area (Å²) in [6.45, 7) is 1.81. The molecule has 0 heterocycles. The Balaban J connectivity index is 2.35. The Morgan fingerprint density at radius 2 is 2.07 bits per heavy atom. The van der Waals surface area contributed by atoms with Gasteiger partial charge in [-0.1, -0.05) is 0 Å². The van der Waals surface area contributed by atoms with E-state index in [0.717, 1.165) is 10.6 Å². The molecule has 0 amide bonds. The Morgan fingerprint density at radius 1 is 1.40 bits per heavy atom. The van der Waals surface area contributed by atoms with Crippen LogP contribution in [0.3, 0.4) is 0 Å². The molecule has 1 nitrogen and oxygen atoms in total. The number of hydrogen-bond donors (Lipinski definition) is 1. The highest BCUT2D eigenvalue weighted by molar-refractivity contribution is 7.99. The van der Waals surface area contributed by atoms with E-state index in [1.54, 1.807) is 30.8 Å². The van der Waals surface area contributed by atoms with E-state index in [0.29, 0.717) is 6.42 Å². The predicted molar refractivity (Wildman–Crippen MR) is 63.2 cm³/mol. The molecular formula is C12H14FNS. The van der Waals surface area contributed by atoms with E-state index in [2.05, 4.69) is 11.8 Å². The Morgan fingerprint density at radius 3 is 2.67 bits per heavy atom. The van der Waals surface area contributed by atoms with E-state index in [1.807, 2.05) is 0 Å². The number of hydrogen-bond acceptors (Lipinski definition) is 2. The summed E-state index contributed by atoms with van der Waals surface area (Å²) in [6.07, 6.45) is 0.713. The molecular weight excluding hydrogens is 209 g/mol. The fraction of sp³-hybridized carbons (Fsp3) is 0.333. The first-order valence-electron chi connectivity index (χ1n) is 4.76. The molecule has 0 bridgehead atoms. The maximum absolute atomic E-state index is 12.6. The summed E-state index contributed by atoms with van der Waals surface area (Å²) in [4.78, 5) is 1.04. The van der Waals surface area contributed by atoms with Crippen LogP contribution < -0.4 is 5.73 Å². The molecule has 1 aromatic carbocycles. The normalized spacial score (nSPS) is 11.7. The van der Waals surface area contributed by atoms with Crippen molar-refractivity contribution in [1.82, 2.24) is 0 Å². The summed E-state index contributed by atoms with van der Waals surface area (Å²) in [5, 5.41) is 0. The molecule has 1 atom stereocenters. The van der Waals surface area contributed by atoms with E-state index in [9.17, 15) is 4.39 Å². The van der Waals surface area contributed by atoms with E-state index in [1.165, 1.54) is 12.1 Å². The van der Waals surface area contributed by atoms with E-state index < -0.39 is 0 Å². The lowest BCUT2D eigenvalue weighted by molar-refractivity contribution is 0.626. The summed E-state index contributed by atoms with van der Waals surface area (Å²) in [7, 11) is 0. The molecule has 0 aromatic heterocycles. The SMILES string of the molecule is CC#CCC(N)CSc1ccc(F)cc1. The second-order valence-corrected chi connectivity index (χ2v) is 4.25. The Hall–Kier alpha value is -0.980. The lowest BCUT2D eigenvalue weighted by Crippen LogP contribution is -2.21. The van der Waals surface area contributed by atoms with Crippen molar-refractivity contribution in [2.75, 3.05) is 5.75 Å². The molecule has 0 aliphatic rings. The molecule has 1 unspecified atom stereocenters. The van der Waals surface area contributed by atoms with Gasteiger partial charge in [-0.05, 0) is 31.2 Å².